The standard InChI is InChI=1S/C23H19NO/c1-14(2)11-15-12-17-9-10-24-22-19-8-7-16-5-3-4-6-18(16)23(19)25-20(13-15)21(17)22/h3-10,12-14H,11H2,1-2H3. The van der Waals surface area contributed by atoms with Crippen molar-refractivity contribution in [3.8, 4) is 22.8 Å². The Balaban J connectivity index is 1.83. The van der Waals surface area contributed by atoms with Crippen molar-refractivity contribution >= 4 is 21.5 Å². The Kier molecular flexibility index (Phi) is 3.08. The van der Waals surface area contributed by atoms with E-state index in [0.29, 0.717) is 5.92 Å². The van der Waals surface area contributed by atoms with Gasteiger partial charge in [0, 0.05) is 17.1 Å². The minimum Gasteiger partial charge on any atom is -0.455 e. The molecule has 0 N–H and O–H groups in total. The highest BCUT2D eigenvalue weighted by atomic mass is 16.5. The van der Waals surface area contributed by atoms with Gasteiger partial charge in [-0.3, -0.25) is 4.98 Å². The van der Waals surface area contributed by atoms with E-state index < -0.39 is 0 Å². The molecule has 5 rings (SSSR count). The molecule has 2 nitrogen and oxygen atoms in total. The van der Waals surface area contributed by atoms with Gasteiger partial charge in [-0.1, -0.05) is 50.2 Å². The number of pyridine rings is 1. The Morgan fingerprint density at radius 2 is 1.84 bits per heavy atom. The highest BCUT2D eigenvalue weighted by Gasteiger charge is 2.23. The first kappa shape index (κ1) is 14.5. The maximum absolute atomic E-state index is 6.45. The summed E-state index contributed by atoms with van der Waals surface area (Å²) < 4.78 is 6.45. The summed E-state index contributed by atoms with van der Waals surface area (Å²) in [7, 11) is 0. The molecule has 2 heteroatoms. The van der Waals surface area contributed by atoms with E-state index in [1.807, 2.05) is 6.20 Å². The average Bonchev–Trinajstić information content (AvgIpc) is 2.61. The molecule has 0 amide bonds. The van der Waals surface area contributed by atoms with Crippen molar-refractivity contribution in [1.29, 1.82) is 0 Å². The molecule has 1 aliphatic rings. The van der Waals surface area contributed by atoms with Crippen LogP contribution in [-0.4, -0.2) is 4.98 Å². The first-order chi connectivity index (χ1) is 12.2. The van der Waals surface area contributed by atoms with Crippen molar-refractivity contribution in [2.24, 2.45) is 5.92 Å². The topological polar surface area (TPSA) is 22.1 Å². The van der Waals surface area contributed by atoms with Crippen LogP contribution in [0.2, 0.25) is 0 Å². The molecular formula is C23H19NO. The third-order valence-electron chi connectivity index (χ3n) is 4.88. The fourth-order valence-corrected chi connectivity index (χ4v) is 3.86. The molecule has 122 valence electrons. The highest BCUT2D eigenvalue weighted by molar-refractivity contribution is 6.06. The number of nitrogens with zero attached hydrogens (tertiary/aromatic N) is 1. The molecule has 1 aromatic heterocycles. The smallest absolute Gasteiger partial charge is 0.144 e. The van der Waals surface area contributed by atoms with E-state index in [1.165, 1.54) is 16.3 Å². The first-order valence-corrected chi connectivity index (χ1v) is 8.82. The minimum absolute atomic E-state index is 0.614. The zero-order valence-electron chi connectivity index (χ0n) is 14.4. The second kappa shape index (κ2) is 5.32. The fourth-order valence-electron chi connectivity index (χ4n) is 3.86. The van der Waals surface area contributed by atoms with E-state index >= 15 is 0 Å². The third-order valence-corrected chi connectivity index (χ3v) is 4.88. The lowest BCUT2D eigenvalue weighted by atomic mass is 9.94. The van der Waals surface area contributed by atoms with Crippen LogP contribution in [0.25, 0.3) is 32.8 Å². The largest absolute Gasteiger partial charge is 0.455 e. The lowest BCUT2D eigenvalue weighted by Gasteiger charge is -2.23. The molecule has 25 heavy (non-hydrogen) atoms. The van der Waals surface area contributed by atoms with Crippen molar-refractivity contribution in [3.05, 3.63) is 66.4 Å². The molecule has 0 radical (unpaired) electrons. The Bertz CT molecular complexity index is 1130. The Labute approximate surface area is 147 Å². The van der Waals surface area contributed by atoms with E-state index in [2.05, 4.69) is 68.4 Å². The van der Waals surface area contributed by atoms with Gasteiger partial charge in [0.25, 0.3) is 0 Å². The van der Waals surface area contributed by atoms with Gasteiger partial charge >= 0.3 is 0 Å². The molecule has 0 unspecified atom stereocenters. The molecule has 0 aliphatic carbocycles. The van der Waals surface area contributed by atoms with Crippen LogP contribution in [0.5, 0.6) is 11.5 Å². The van der Waals surface area contributed by atoms with Crippen molar-refractivity contribution in [3.63, 3.8) is 0 Å². The highest BCUT2D eigenvalue weighted by Crippen LogP contribution is 2.48. The normalized spacial score (nSPS) is 12.4. The second-order valence-corrected chi connectivity index (χ2v) is 7.22. The van der Waals surface area contributed by atoms with Crippen molar-refractivity contribution in [2.75, 3.05) is 0 Å². The number of fused-ring (bicyclic) bond motifs is 4. The zero-order chi connectivity index (χ0) is 17.0. The van der Waals surface area contributed by atoms with E-state index in [4.69, 9.17) is 9.72 Å². The van der Waals surface area contributed by atoms with Crippen LogP contribution < -0.4 is 4.74 Å². The van der Waals surface area contributed by atoms with Gasteiger partial charge in [0.15, 0.2) is 0 Å². The summed E-state index contributed by atoms with van der Waals surface area (Å²) in [5, 5.41) is 4.66. The monoisotopic (exact) mass is 325 g/mol. The van der Waals surface area contributed by atoms with Crippen LogP contribution in [-0.2, 0) is 6.42 Å². The summed E-state index contributed by atoms with van der Waals surface area (Å²) in [5.41, 5.74) is 3.42. The predicted octanol–water partition coefficient (Wildman–Crippen LogP) is 6.36. The van der Waals surface area contributed by atoms with Crippen molar-refractivity contribution in [2.45, 2.75) is 20.3 Å². The number of benzene rings is 3. The second-order valence-electron chi connectivity index (χ2n) is 7.22. The fraction of sp³-hybridized carbons (Fsp3) is 0.174. The van der Waals surface area contributed by atoms with Gasteiger partial charge in [0.2, 0.25) is 0 Å². The summed E-state index contributed by atoms with van der Waals surface area (Å²) in [6, 6.07) is 19.2. The van der Waals surface area contributed by atoms with Gasteiger partial charge in [-0.2, -0.15) is 0 Å². The van der Waals surface area contributed by atoms with Crippen LogP contribution >= 0.6 is 0 Å². The molecule has 2 heterocycles. The summed E-state index contributed by atoms with van der Waals surface area (Å²) in [6.45, 7) is 4.49. The van der Waals surface area contributed by atoms with Crippen LogP contribution in [0.3, 0.4) is 0 Å². The van der Waals surface area contributed by atoms with E-state index in [0.717, 1.165) is 39.9 Å². The maximum Gasteiger partial charge on any atom is 0.144 e. The number of rotatable bonds is 2. The third kappa shape index (κ3) is 2.21. The average molecular weight is 325 g/mol. The number of hydrogen-bond acceptors (Lipinski definition) is 2. The predicted molar refractivity (Wildman–Crippen MR) is 103 cm³/mol. The SMILES string of the molecule is CC(C)Cc1cc2c3c(nccc3c1)-c1ccc3ccccc3c1O2. The summed E-state index contributed by atoms with van der Waals surface area (Å²) >= 11 is 0. The number of ether oxygens (including phenoxy) is 1. The molecule has 0 saturated carbocycles. The molecule has 4 aromatic rings. The van der Waals surface area contributed by atoms with Gasteiger partial charge in [-0.05, 0) is 46.9 Å². The number of aromatic nitrogens is 1. The lowest BCUT2D eigenvalue weighted by Crippen LogP contribution is -2.02. The lowest BCUT2D eigenvalue weighted by molar-refractivity contribution is 0.490. The molecule has 0 fully saturated rings. The molecule has 1 aliphatic heterocycles. The van der Waals surface area contributed by atoms with Gasteiger partial charge in [-0.25, -0.2) is 0 Å². The molecule has 0 atom stereocenters. The van der Waals surface area contributed by atoms with Gasteiger partial charge in [0.1, 0.15) is 11.5 Å². The Morgan fingerprint density at radius 3 is 2.72 bits per heavy atom. The minimum atomic E-state index is 0.614. The van der Waals surface area contributed by atoms with Crippen molar-refractivity contribution in [1.82, 2.24) is 4.98 Å². The molecule has 0 saturated heterocycles. The van der Waals surface area contributed by atoms with Crippen LogP contribution in [0.4, 0.5) is 0 Å². The van der Waals surface area contributed by atoms with Crippen LogP contribution in [0.15, 0.2) is 60.8 Å². The zero-order valence-corrected chi connectivity index (χ0v) is 14.4. The van der Waals surface area contributed by atoms with Crippen molar-refractivity contribution < 1.29 is 4.74 Å². The molecule has 3 aromatic carbocycles. The quantitative estimate of drug-likeness (QED) is 0.377. The van der Waals surface area contributed by atoms with E-state index in [9.17, 15) is 0 Å². The Hall–Kier alpha value is -2.87. The van der Waals surface area contributed by atoms with Crippen LogP contribution in [0, 0.1) is 5.92 Å². The molecule has 0 spiro atoms. The molecule has 0 bridgehead atoms. The maximum atomic E-state index is 6.45. The van der Waals surface area contributed by atoms with Gasteiger partial charge < -0.3 is 4.74 Å². The summed E-state index contributed by atoms with van der Waals surface area (Å²) in [6.07, 6.45) is 2.96. The van der Waals surface area contributed by atoms with Gasteiger partial charge in [-0.15, -0.1) is 0 Å². The van der Waals surface area contributed by atoms with Crippen LogP contribution in [0.1, 0.15) is 19.4 Å². The van der Waals surface area contributed by atoms with E-state index in [-0.39, 0.29) is 0 Å². The first-order valence-electron chi connectivity index (χ1n) is 8.82. The molecular weight excluding hydrogens is 306 g/mol. The number of hydrogen-bond donors (Lipinski definition) is 0. The Morgan fingerprint density at radius 1 is 0.960 bits per heavy atom. The van der Waals surface area contributed by atoms with Gasteiger partial charge in [0.05, 0.1) is 11.1 Å². The van der Waals surface area contributed by atoms with E-state index in [1.54, 1.807) is 0 Å². The summed E-state index contributed by atoms with van der Waals surface area (Å²) in [4.78, 5) is 4.70. The summed E-state index contributed by atoms with van der Waals surface area (Å²) in [5.74, 6) is 2.47.